The number of rotatable bonds is 7. The molecule has 1 atom stereocenters. The largest absolute Gasteiger partial charge is 0.435 e. The molecule has 0 saturated heterocycles. The van der Waals surface area contributed by atoms with Gasteiger partial charge in [0.1, 0.15) is 12.1 Å². The molecule has 1 amide bonds. The van der Waals surface area contributed by atoms with Gasteiger partial charge < -0.3 is 9.73 Å². The van der Waals surface area contributed by atoms with E-state index in [9.17, 15) is 22.4 Å². The number of halogens is 4. The molecule has 1 aliphatic carbocycles. The lowest BCUT2D eigenvalue weighted by atomic mass is 9.97. The van der Waals surface area contributed by atoms with Gasteiger partial charge in [-0.2, -0.15) is 18.3 Å². The highest BCUT2D eigenvalue weighted by Gasteiger charge is 2.38. The summed E-state index contributed by atoms with van der Waals surface area (Å²) in [6, 6.07) is 8.90. The van der Waals surface area contributed by atoms with Gasteiger partial charge in [-0.1, -0.05) is 12.1 Å². The molecule has 1 saturated carbocycles. The standard InChI is InChI=1S/C27H25F4N5O2/c1-15-9-18(5-6-22(15)28)23(17-3-4-17)33-25(37)20-11-16(13-36-7-8-38-26(36)32)10-19(12-20)21-14-35(2)34-24(21)27(29,30)31/h5-12,14,17,23,32H,3-4,13H2,1-2H3,(H,33,37). The molecule has 1 aliphatic rings. The fourth-order valence-corrected chi connectivity index (χ4v) is 4.59. The van der Waals surface area contributed by atoms with E-state index in [1.807, 2.05) is 0 Å². The van der Waals surface area contributed by atoms with Crippen LogP contribution in [0.3, 0.4) is 0 Å². The molecule has 11 heteroatoms. The Morgan fingerprint density at radius 3 is 2.63 bits per heavy atom. The van der Waals surface area contributed by atoms with E-state index in [2.05, 4.69) is 10.4 Å². The van der Waals surface area contributed by atoms with Gasteiger partial charge >= 0.3 is 6.18 Å². The van der Waals surface area contributed by atoms with E-state index in [1.165, 1.54) is 42.4 Å². The number of hydrogen-bond acceptors (Lipinski definition) is 4. The van der Waals surface area contributed by atoms with Crippen molar-refractivity contribution in [1.29, 1.82) is 5.41 Å². The fourth-order valence-electron chi connectivity index (χ4n) is 4.59. The molecule has 2 N–H and O–H groups in total. The van der Waals surface area contributed by atoms with E-state index in [4.69, 9.17) is 9.83 Å². The number of alkyl halides is 3. The molecule has 0 spiro atoms. The number of nitrogens with one attached hydrogen (secondary N) is 2. The van der Waals surface area contributed by atoms with Gasteiger partial charge in [0, 0.05) is 30.6 Å². The summed E-state index contributed by atoms with van der Waals surface area (Å²) in [5.41, 5.74) is 0.718. The van der Waals surface area contributed by atoms with Crippen molar-refractivity contribution in [2.45, 2.75) is 38.5 Å². The van der Waals surface area contributed by atoms with Crippen molar-refractivity contribution in [1.82, 2.24) is 19.7 Å². The fraction of sp³-hybridized carbons (Fsp3) is 0.296. The molecule has 5 rings (SSSR count). The zero-order valence-corrected chi connectivity index (χ0v) is 20.6. The van der Waals surface area contributed by atoms with Crippen molar-refractivity contribution >= 4 is 5.91 Å². The Kier molecular flexibility index (Phi) is 6.46. The third kappa shape index (κ3) is 5.27. The summed E-state index contributed by atoms with van der Waals surface area (Å²) in [5.74, 6) is -0.615. The number of aromatic nitrogens is 3. The van der Waals surface area contributed by atoms with E-state index in [0.717, 1.165) is 23.1 Å². The second kappa shape index (κ2) is 9.62. The Balaban J connectivity index is 1.55. The van der Waals surface area contributed by atoms with Crippen LogP contribution >= 0.6 is 0 Å². The number of amides is 1. The van der Waals surface area contributed by atoms with Crippen LogP contribution in [-0.2, 0) is 19.8 Å². The lowest BCUT2D eigenvalue weighted by Crippen LogP contribution is -2.30. The van der Waals surface area contributed by atoms with Gasteiger partial charge in [0.2, 0.25) is 0 Å². The normalized spacial score (nSPS) is 14.5. The van der Waals surface area contributed by atoms with E-state index in [1.54, 1.807) is 31.2 Å². The number of oxazole rings is 1. The smallest absolute Gasteiger partial charge is 0.432 e. The topological polar surface area (TPSA) is 88.8 Å². The van der Waals surface area contributed by atoms with Crippen LogP contribution in [-0.4, -0.2) is 20.3 Å². The van der Waals surface area contributed by atoms with Crippen LogP contribution in [0.1, 0.15) is 51.6 Å². The van der Waals surface area contributed by atoms with Crippen molar-refractivity contribution in [2.75, 3.05) is 0 Å². The first-order valence-corrected chi connectivity index (χ1v) is 12.0. The first-order valence-electron chi connectivity index (χ1n) is 12.0. The Morgan fingerprint density at radius 1 is 1.24 bits per heavy atom. The van der Waals surface area contributed by atoms with Crippen molar-refractivity contribution in [3.63, 3.8) is 0 Å². The first kappa shape index (κ1) is 25.5. The SMILES string of the molecule is Cc1cc(C(NC(=O)c2cc(Cn3ccoc3=N)cc(-c3cn(C)nc3C(F)(F)F)c2)C2CC2)ccc1F. The Labute approximate surface area is 215 Å². The van der Waals surface area contributed by atoms with Gasteiger partial charge in [0.15, 0.2) is 5.69 Å². The molecule has 0 radical (unpaired) electrons. The Hall–Kier alpha value is -4.15. The van der Waals surface area contributed by atoms with E-state index < -0.39 is 17.8 Å². The summed E-state index contributed by atoms with van der Waals surface area (Å²) in [6.45, 7) is 1.76. The van der Waals surface area contributed by atoms with Crippen molar-refractivity contribution in [3.05, 3.63) is 94.5 Å². The molecule has 2 aromatic heterocycles. The lowest BCUT2D eigenvalue weighted by Gasteiger charge is -2.20. The average molecular weight is 528 g/mol. The first-order chi connectivity index (χ1) is 18.0. The second-order valence-electron chi connectivity index (χ2n) is 9.61. The number of aryl methyl sites for hydroxylation is 2. The molecular formula is C27H25F4N5O2. The summed E-state index contributed by atoms with van der Waals surface area (Å²) >= 11 is 0. The summed E-state index contributed by atoms with van der Waals surface area (Å²) in [7, 11) is 1.40. The van der Waals surface area contributed by atoms with Crippen LogP contribution in [0.2, 0.25) is 0 Å². The van der Waals surface area contributed by atoms with E-state index >= 15 is 0 Å². The van der Waals surface area contributed by atoms with E-state index in [0.29, 0.717) is 11.1 Å². The minimum atomic E-state index is -4.69. The molecule has 2 aromatic carbocycles. The average Bonchev–Trinajstić information content (AvgIpc) is 3.50. The van der Waals surface area contributed by atoms with Gasteiger partial charge in [-0.3, -0.25) is 19.5 Å². The van der Waals surface area contributed by atoms with Crippen molar-refractivity contribution < 1.29 is 26.8 Å². The maximum absolute atomic E-state index is 13.9. The highest BCUT2D eigenvalue weighted by molar-refractivity contribution is 5.96. The summed E-state index contributed by atoms with van der Waals surface area (Å²) in [5, 5.41) is 14.5. The predicted octanol–water partition coefficient (Wildman–Crippen LogP) is 5.36. The quantitative estimate of drug-likeness (QED) is 0.317. The maximum atomic E-state index is 13.9. The van der Waals surface area contributed by atoms with Gasteiger partial charge in [0.05, 0.1) is 12.6 Å². The molecule has 38 heavy (non-hydrogen) atoms. The van der Waals surface area contributed by atoms with Gasteiger partial charge in [-0.15, -0.1) is 0 Å². The third-order valence-electron chi connectivity index (χ3n) is 6.62. The lowest BCUT2D eigenvalue weighted by molar-refractivity contribution is -0.140. The molecule has 0 bridgehead atoms. The molecule has 198 valence electrons. The monoisotopic (exact) mass is 527 g/mol. The second-order valence-corrected chi connectivity index (χ2v) is 9.61. The number of hydrogen-bond donors (Lipinski definition) is 2. The van der Waals surface area contributed by atoms with Gasteiger partial charge in [-0.25, -0.2) is 4.39 Å². The molecule has 4 aromatic rings. The minimum Gasteiger partial charge on any atom is -0.432 e. The van der Waals surface area contributed by atoms with E-state index in [-0.39, 0.29) is 46.7 Å². The molecule has 0 aliphatic heterocycles. The Bertz CT molecular complexity index is 1560. The van der Waals surface area contributed by atoms with Gasteiger partial charge in [0.25, 0.3) is 11.6 Å². The summed E-state index contributed by atoms with van der Waals surface area (Å²) < 4.78 is 62.7. The minimum absolute atomic E-state index is 0.105. The van der Waals surface area contributed by atoms with Crippen LogP contribution in [0.25, 0.3) is 11.1 Å². The Morgan fingerprint density at radius 2 is 2.00 bits per heavy atom. The van der Waals surface area contributed by atoms with Crippen molar-refractivity contribution in [2.24, 2.45) is 13.0 Å². The molecule has 2 heterocycles. The molecule has 7 nitrogen and oxygen atoms in total. The molecular weight excluding hydrogens is 502 g/mol. The summed E-state index contributed by atoms with van der Waals surface area (Å²) in [6.07, 6.45) is 1.23. The van der Waals surface area contributed by atoms with Crippen LogP contribution < -0.4 is 11.0 Å². The van der Waals surface area contributed by atoms with Gasteiger partial charge in [-0.05, 0) is 72.2 Å². The van der Waals surface area contributed by atoms with Crippen LogP contribution in [0.4, 0.5) is 17.6 Å². The number of carbonyl (C=O) groups excluding carboxylic acids is 1. The predicted molar refractivity (Wildman–Crippen MR) is 129 cm³/mol. The highest BCUT2D eigenvalue weighted by atomic mass is 19.4. The highest BCUT2D eigenvalue weighted by Crippen LogP contribution is 2.42. The van der Waals surface area contributed by atoms with Crippen LogP contribution in [0, 0.1) is 24.1 Å². The zero-order valence-electron chi connectivity index (χ0n) is 20.6. The molecule has 1 fully saturated rings. The molecule has 1 unspecified atom stereocenters. The number of carbonyl (C=O) groups is 1. The zero-order chi connectivity index (χ0) is 27.2. The maximum Gasteiger partial charge on any atom is 0.435 e. The van der Waals surface area contributed by atoms with Crippen LogP contribution in [0.5, 0.6) is 0 Å². The summed E-state index contributed by atoms with van der Waals surface area (Å²) in [4.78, 5) is 13.5. The number of nitrogens with zero attached hydrogens (tertiary/aromatic N) is 3. The van der Waals surface area contributed by atoms with Crippen molar-refractivity contribution in [3.8, 4) is 11.1 Å². The van der Waals surface area contributed by atoms with Crippen LogP contribution in [0.15, 0.2) is 59.5 Å². The third-order valence-corrected chi connectivity index (χ3v) is 6.62. The number of benzene rings is 2.